The third-order valence-corrected chi connectivity index (χ3v) is 5.99. The summed E-state index contributed by atoms with van der Waals surface area (Å²) < 4.78 is 0. The molecule has 0 aliphatic heterocycles. The molecule has 0 saturated carbocycles. The van der Waals surface area contributed by atoms with Crippen molar-refractivity contribution in [3.63, 3.8) is 0 Å². The van der Waals surface area contributed by atoms with Crippen LogP contribution in [0.4, 0.5) is 0 Å². The minimum absolute atomic E-state index is 0. The van der Waals surface area contributed by atoms with Gasteiger partial charge in [0.25, 0.3) is 0 Å². The fraction of sp³-hybridized carbons (Fsp3) is 0.962. The van der Waals surface area contributed by atoms with Gasteiger partial charge in [0.1, 0.15) is 0 Å². The molecule has 2 nitrogen and oxygen atoms in total. The van der Waals surface area contributed by atoms with Crippen molar-refractivity contribution >= 4 is 5.97 Å². The van der Waals surface area contributed by atoms with Gasteiger partial charge in [0.05, 0.1) is 0 Å². The molecule has 0 amide bonds. The van der Waals surface area contributed by atoms with E-state index in [0.29, 0.717) is 6.42 Å². The Hall–Kier alpha value is 0.210. The van der Waals surface area contributed by atoms with Crippen molar-refractivity contribution in [2.24, 2.45) is 0 Å². The Kier molecular flexibility index (Phi) is 30.5. The predicted molar refractivity (Wildman–Crippen MR) is 124 cm³/mol. The number of rotatable bonds is 24. The van der Waals surface area contributed by atoms with Crippen molar-refractivity contribution in [1.29, 1.82) is 0 Å². The second kappa shape index (κ2) is 28.2. The summed E-state index contributed by atoms with van der Waals surface area (Å²) in [7, 11) is 0. The molecule has 0 aliphatic rings. The van der Waals surface area contributed by atoms with E-state index >= 15 is 0 Å². The van der Waals surface area contributed by atoms with Gasteiger partial charge in [-0.1, -0.05) is 148 Å². The summed E-state index contributed by atoms with van der Waals surface area (Å²) in [5.41, 5.74) is 0. The van der Waals surface area contributed by atoms with Crippen molar-refractivity contribution in [2.75, 3.05) is 0 Å². The molecule has 0 atom stereocenters. The zero-order chi connectivity index (χ0) is 20.5. The molecule has 3 heteroatoms. The molecule has 0 saturated heterocycles. The van der Waals surface area contributed by atoms with Gasteiger partial charge in [0, 0.05) is 28.8 Å². The van der Waals surface area contributed by atoms with E-state index in [1.165, 1.54) is 135 Å². The summed E-state index contributed by atoms with van der Waals surface area (Å²) in [4.78, 5) is 10.4. The molecule has 179 valence electrons. The first-order valence-corrected chi connectivity index (χ1v) is 13.0. The smallest absolute Gasteiger partial charge is 0.303 e. The van der Waals surface area contributed by atoms with Gasteiger partial charge in [-0.25, -0.2) is 0 Å². The monoisotopic (exact) mass is 503 g/mol. The molecule has 1 radical (unpaired) electrons. The normalized spacial score (nSPS) is 10.8. The summed E-state index contributed by atoms with van der Waals surface area (Å²) in [6, 6.07) is 0. The SMILES string of the molecule is CCCCCCCCCCCCCCCCCCCCCCCCCC(=O)O.[Ag]. The molecule has 0 aromatic carbocycles. The molecule has 0 rings (SSSR count). The van der Waals surface area contributed by atoms with Gasteiger partial charge in [-0.3, -0.25) is 4.79 Å². The third kappa shape index (κ3) is 30.5. The second-order valence-electron chi connectivity index (χ2n) is 8.92. The van der Waals surface area contributed by atoms with Crippen molar-refractivity contribution in [3.05, 3.63) is 0 Å². The van der Waals surface area contributed by atoms with Crippen molar-refractivity contribution < 1.29 is 32.3 Å². The number of unbranched alkanes of at least 4 members (excludes halogenated alkanes) is 22. The Morgan fingerprint density at radius 3 is 0.862 bits per heavy atom. The van der Waals surface area contributed by atoms with Crippen LogP contribution < -0.4 is 0 Å². The van der Waals surface area contributed by atoms with Crippen LogP contribution in [0.25, 0.3) is 0 Å². The molecular weight excluding hydrogens is 452 g/mol. The fourth-order valence-corrected chi connectivity index (χ4v) is 4.06. The average Bonchev–Trinajstić information content (AvgIpc) is 2.68. The quantitative estimate of drug-likeness (QED) is 0.105. The number of hydrogen-bond acceptors (Lipinski definition) is 1. The molecule has 0 aromatic heterocycles. The van der Waals surface area contributed by atoms with Gasteiger partial charge < -0.3 is 5.11 Å². The van der Waals surface area contributed by atoms with Gasteiger partial charge in [0.15, 0.2) is 0 Å². The van der Waals surface area contributed by atoms with Crippen LogP contribution >= 0.6 is 0 Å². The Balaban J connectivity index is 0. The summed E-state index contributed by atoms with van der Waals surface area (Å²) in [5.74, 6) is -0.650. The van der Waals surface area contributed by atoms with Gasteiger partial charge in [0.2, 0.25) is 0 Å². The van der Waals surface area contributed by atoms with E-state index in [4.69, 9.17) is 5.11 Å². The van der Waals surface area contributed by atoms with Gasteiger partial charge in [-0.2, -0.15) is 0 Å². The van der Waals surface area contributed by atoms with E-state index in [1.807, 2.05) is 0 Å². The summed E-state index contributed by atoms with van der Waals surface area (Å²) in [6.45, 7) is 2.29. The van der Waals surface area contributed by atoms with Crippen LogP contribution in [-0.4, -0.2) is 11.1 Å². The summed E-state index contributed by atoms with van der Waals surface area (Å²) in [6.07, 6.45) is 32.0. The third-order valence-electron chi connectivity index (χ3n) is 5.99. The first kappa shape index (κ1) is 31.4. The van der Waals surface area contributed by atoms with Crippen LogP contribution in [0, 0.1) is 0 Å². The van der Waals surface area contributed by atoms with Gasteiger partial charge in [-0.05, 0) is 6.42 Å². The van der Waals surface area contributed by atoms with E-state index in [1.54, 1.807) is 0 Å². The van der Waals surface area contributed by atoms with Crippen molar-refractivity contribution in [1.82, 2.24) is 0 Å². The Morgan fingerprint density at radius 1 is 0.448 bits per heavy atom. The van der Waals surface area contributed by atoms with E-state index in [-0.39, 0.29) is 22.4 Å². The maximum Gasteiger partial charge on any atom is 0.303 e. The number of hydrogen-bond donors (Lipinski definition) is 1. The van der Waals surface area contributed by atoms with Crippen LogP contribution in [-0.2, 0) is 27.2 Å². The molecule has 0 bridgehead atoms. The first-order chi connectivity index (χ1) is 13.8. The van der Waals surface area contributed by atoms with E-state index < -0.39 is 5.97 Å². The summed E-state index contributed by atoms with van der Waals surface area (Å²) in [5, 5.41) is 8.59. The maximum absolute atomic E-state index is 10.4. The van der Waals surface area contributed by atoms with E-state index in [9.17, 15) is 4.79 Å². The second-order valence-corrected chi connectivity index (χ2v) is 8.92. The van der Waals surface area contributed by atoms with Crippen LogP contribution in [0.5, 0.6) is 0 Å². The van der Waals surface area contributed by atoms with E-state index in [2.05, 4.69) is 6.92 Å². The summed E-state index contributed by atoms with van der Waals surface area (Å²) >= 11 is 0. The van der Waals surface area contributed by atoms with Crippen molar-refractivity contribution in [3.8, 4) is 0 Å². The first-order valence-electron chi connectivity index (χ1n) is 13.0. The van der Waals surface area contributed by atoms with Crippen LogP contribution in [0.15, 0.2) is 0 Å². The van der Waals surface area contributed by atoms with Crippen LogP contribution in [0.3, 0.4) is 0 Å². The molecule has 0 fully saturated rings. The molecule has 1 N–H and O–H groups in total. The molecule has 0 aromatic rings. The molecule has 0 spiro atoms. The number of carbonyl (C=O) groups is 1. The molecule has 0 unspecified atom stereocenters. The zero-order valence-electron chi connectivity index (χ0n) is 19.6. The van der Waals surface area contributed by atoms with Gasteiger partial charge in [-0.15, -0.1) is 0 Å². The maximum atomic E-state index is 10.4. The number of carboxylic acids is 1. The fourth-order valence-electron chi connectivity index (χ4n) is 4.06. The number of carboxylic acid groups (broad SMARTS) is 1. The Morgan fingerprint density at radius 2 is 0.655 bits per heavy atom. The zero-order valence-corrected chi connectivity index (χ0v) is 21.1. The van der Waals surface area contributed by atoms with Crippen molar-refractivity contribution in [2.45, 2.75) is 161 Å². The predicted octanol–water partition coefficient (Wildman–Crippen LogP) is 9.45. The standard InChI is InChI=1S/C26H52O2.Ag/c1-2-3-4-5-6-7-8-9-10-11-12-13-14-15-16-17-18-19-20-21-22-23-24-25-26(27)28;/h2-25H2,1H3,(H,27,28);. The topological polar surface area (TPSA) is 37.3 Å². The van der Waals surface area contributed by atoms with E-state index in [0.717, 1.165) is 12.8 Å². The molecular formula is C26H52AgO2. The molecule has 29 heavy (non-hydrogen) atoms. The minimum Gasteiger partial charge on any atom is -0.481 e. The molecule has 0 heterocycles. The van der Waals surface area contributed by atoms with Crippen LogP contribution in [0.2, 0.25) is 0 Å². The largest absolute Gasteiger partial charge is 0.481 e. The average molecular weight is 505 g/mol. The number of aliphatic carboxylic acids is 1. The Bertz CT molecular complexity index is 307. The van der Waals surface area contributed by atoms with Crippen LogP contribution in [0.1, 0.15) is 161 Å². The van der Waals surface area contributed by atoms with Gasteiger partial charge >= 0.3 is 5.97 Å². The minimum atomic E-state index is -0.650. The Labute approximate surface area is 198 Å². The molecule has 0 aliphatic carbocycles.